The van der Waals surface area contributed by atoms with Crippen molar-refractivity contribution in [2.75, 3.05) is 7.05 Å². The van der Waals surface area contributed by atoms with Crippen LogP contribution >= 0.6 is 15.9 Å². The number of halogens is 1. The third-order valence-corrected chi connectivity index (χ3v) is 6.23. The first-order chi connectivity index (χ1) is 16.9. The van der Waals surface area contributed by atoms with Crippen LogP contribution in [-0.4, -0.2) is 34.7 Å². The molecule has 0 aliphatic rings. The predicted molar refractivity (Wildman–Crippen MR) is 141 cm³/mol. The Bertz CT molecular complexity index is 1320. The summed E-state index contributed by atoms with van der Waals surface area (Å²) in [4.78, 5) is 26.1. The molecule has 2 amide bonds. The van der Waals surface area contributed by atoms with E-state index in [0.29, 0.717) is 24.4 Å². The van der Waals surface area contributed by atoms with E-state index in [1.54, 1.807) is 17.8 Å². The van der Waals surface area contributed by atoms with Crippen molar-refractivity contribution in [3.05, 3.63) is 112 Å². The summed E-state index contributed by atoms with van der Waals surface area (Å²) in [5.41, 5.74) is 5.15. The van der Waals surface area contributed by atoms with Gasteiger partial charge in [0.25, 0.3) is 5.91 Å². The minimum absolute atomic E-state index is 0.258. The molecule has 0 fully saturated rings. The van der Waals surface area contributed by atoms with Crippen LogP contribution in [0.3, 0.4) is 0 Å². The van der Waals surface area contributed by atoms with E-state index in [1.165, 1.54) is 0 Å². The number of amides is 2. The van der Waals surface area contributed by atoms with Crippen LogP contribution < -0.4 is 10.6 Å². The smallest absolute Gasteiger partial charge is 0.270 e. The van der Waals surface area contributed by atoms with Gasteiger partial charge in [0, 0.05) is 23.5 Å². The second-order valence-electron chi connectivity index (χ2n) is 8.40. The molecular formula is C28H27BrN4O2. The quantitative estimate of drug-likeness (QED) is 0.345. The number of nitrogens with one attached hydrogen (secondary N) is 2. The number of carbonyl (C=O) groups excluding carboxylic acids is 2. The largest absolute Gasteiger partial charge is 0.357 e. The van der Waals surface area contributed by atoms with Gasteiger partial charge in [-0.3, -0.25) is 14.3 Å². The SMILES string of the molecule is CNC(=O)C(Cc1cccc(Br)c1)NC(=O)c1cc(-c2ccccc2)nn1Cc1ccc(C)cc1. The van der Waals surface area contributed by atoms with Crippen molar-refractivity contribution in [2.45, 2.75) is 25.9 Å². The lowest BCUT2D eigenvalue weighted by Gasteiger charge is -2.18. The molecule has 0 aliphatic carbocycles. The summed E-state index contributed by atoms with van der Waals surface area (Å²) in [5.74, 6) is -0.610. The Labute approximate surface area is 213 Å². The summed E-state index contributed by atoms with van der Waals surface area (Å²) >= 11 is 3.46. The van der Waals surface area contributed by atoms with Gasteiger partial charge >= 0.3 is 0 Å². The maximum Gasteiger partial charge on any atom is 0.270 e. The molecule has 2 N–H and O–H groups in total. The molecule has 1 heterocycles. The second-order valence-corrected chi connectivity index (χ2v) is 9.31. The molecule has 1 unspecified atom stereocenters. The van der Waals surface area contributed by atoms with Crippen LogP contribution in [0.4, 0.5) is 0 Å². The van der Waals surface area contributed by atoms with Crippen LogP contribution in [-0.2, 0) is 17.8 Å². The van der Waals surface area contributed by atoms with Gasteiger partial charge in [0.15, 0.2) is 0 Å². The molecule has 7 heteroatoms. The van der Waals surface area contributed by atoms with Crippen LogP contribution in [0.15, 0.2) is 89.4 Å². The average Bonchev–Trinajstić information content (AvgIpc) is 3.29. The molecule has 1 aromatic heterocycles. The maximum absolute atomic E-state index is 13.5. The highest BCUT2D eigenvalue weighted by atomic mass is 79.9. The van der Waals surface area contributed by atoms with E-state index in [2.05, 4.69) is 26.6 Å². The van der Waals surface area contributed by atoms with E-state index in [-0.39, 0.29) is 11.8 Å². The van der Waals surface area contributed by atoms with Crippen LogP contribution in [0.1, 0.15) is 27.2 Å². The zero-order valence-electron chi connectivity index (χ0n) is 19.7. The van der Waals surface area contributed by atoms with Crippen molar-refractivity contribution in [1.29, 1.82) is 0 Å². The molecule has 0 aliphatic heterocycles. The number of likely N-dealkylation sites (N-methyl/N-ethyl adjacent to an activating group) is 1. The van der Waals surface area contributed by atoms with E-state index in [1.807, 2.05) is 85.8 Å². The normalized spacial score (nSPS) is 11.6. The van der Waals surface area contributed by atoms with Gasteiger partial charge in [0.2, 0.25) is 5.91 Å². The third-order valence-electron chi connectivity index (χ3n) is 5.73. The van der Waals surface area contributed by atoms with Crippen molar-refractivity contribution in [3.63, 3.8) is 0 Å². The molecule has 3 aromatic carbocycles. The fourth-order valence-corrected chi connectivity index (χ4v) is 4.30. The zero-order chi connectivity index (χ0) is 24.8. The first-order valence-electron chi connectivity index (χ1n) is 11.4. The first-order valence-corrected chi connectivity index (χ1v) is 12.2. The van der Waals surface area contributed by atoms with E-state index < -0.39 is 6.04 Å². The van der Waals surface area contributed by atoms with Crippen LogP contribution in [0.25, 0.3) is 11.3 Å². The van der Waals surface area contributed by atoms with Gasteiger partial charge in [0.1, 0.15) is 11.7 Å². The number of aromatic nitrogens is 2. The third kappa shape index (κ3) is 6.25. The molecule has 4 aromatic rings. The van der Waals surface area contributed by atoms with Gasteiger partial charge in [0.05, 0.1) is 12.2 Å². The molecule has 178 valence electrons. The van der Waals surface area contributed by atoms with E-state index in [0.717, 1.165) is 26.7 Å². The molecule has 0 saturated heterocycles. The summed E-state index contributed by atoms with van der Waals surface area (Å²) in [6.07, 6.45) is 0.364. The van der Waals surface area contributed by atoms with Gasteiger partial charge in [-0.25, -0.2) is 0 Å². The Balaban J connectivity index is 1.64. The first kappa shape index (κ1) is 24.4. The minimum atomic E-state index is -0.732. The molecule has 0 bridgehead atoms. The van der Waals surface area contributed by atoms with Crippen LogP contribution in [0.5, 0.6) is 0 Å². The lowest BCUT2D eigenvalue weighted by atomic mass is 10.0. The van der Waals surface area contributed by atoms with Gasteiger partial charge in [-0.15, -0.1) is 0 Å². The number of benzene rings is 3. The highest BCUT2D eigenvalue weighted by molar-refractivity contribution is 9.10. The number of rotatable bonds is 8. The lowest BCUT2D eigenvalue weighted by Crippen LogP contribution is -2.47. The molecule has 0 spiro atoms. The fourth-order valence-electron chi connectivity index (χ4n) is 3.85. The summed E-state index contributed by atoms with van der Waals surface area (Å²) < 4.78 is 2.61. The van der Waals surface area contributed by atoms with E-state index >= 15 is 0 Å². The Hall–Kier alpha value is -3.71. The predicted octanol–water partition coefficient (Wildman–Crippen LogP) is 4.76. The summed E-state index contributed by atoms with van der Waals surface area (Å²) in [5, 5.41) is 10.3. The van der Waals surface area contributed by atoms with Crippen molar-refractivity contribution < 1.29 is 9.59 Å². The molecular weight excluding hydrogens is 504 g/mol. The Morgan fingerprint density at radius 2 is 1.69 bits per heavy atom. The Kier molecular flexibility index (Phi) is 7.77. The lowest BCUT2D eigenvalue weighted by molar-refractivity contribution is -0.122. The fraction of sp³-hybridized carbons (Fsp3) is 0.179. The second kappa shape index (κ2) is 11.1. The molecule has 1 atom stereocenters. The standard InChI is InChI=1S/C28H27BrN4O2/c1-19-11-13-20(14-12-19)18-33-26(17-24(32-33)22-8-4-3-5-9-22)28(35)31-25(27(34)30-2)16-21-7-6-10-23(29)15-21/h3-15,17,25H,16,18H2,1-2H3,(H,30,34)(H,31,35). The number of hydrogen-bond acceptors (Lipinski definition) is 3. The van der Waals surface area contributed by atoms with Gasteiger partial charge in [-0.1, -0.05) is 88.2 Å². The minimum Gasteiger partial charge on any atom is -0.357 e. The monoisotopic (exact) mass is 530 g/mol. The number of carbonyl (C=O) groups is 2. The molecule has 4 rings (SSSR count). The number of nitrogens with zero attached hydrogens (tertiary/aromatic N) is 2. The van der Waals surface area contributed by atoms with E-state index in [4.69, 9.17) is 5.10 Å². The van der Waals surface area contributed by atoms with Crippen LogP contribution in [0.2, 0.25) is 0 Å². The van der Waals surface area contributed by atoms with Crippen molar-refractivity contribution in [3.8, 4) is 11.3 Å². The Morgan fingerprint density at radius 3 is 2.37 bits per heavy atom. The maximum atomic E-state index is 13.5. The molecule has 0 radical (unpaired) electrons. The van der Waals surface area contributed by atoms with Gasteiger partial charge in [-0.2, -0.15) is 5.10 Å². The highest BCUT2D eigenvalue weighted by Crippen LogP contribution is 2.20. The van der Waals surface area contributed by atoms with Crippen molar-refractivity contribution in [2.24, 2.45) is 0 Å². The summed E-state index contributed by atoms with van der Waals surface area (Å²) in [6.45, 7) is 2.47. The van der Waals surface area contributed by atoms with Gasteiger partial charge < -0.3 is 10.6 Å². The van der Waals surface area contributed by atoms with Gasteiger partial charge in [-0.05, 0) is 36.2 Å². The topological polar surface area (TPSA) is 76.0 Å². The summed E-state index contributed by atoms with van der Waals surface area (Å²) in [6, 6.07) is 26.6. The molecule has 35 heavy (non-hydrogen) atoms. The molecule has 6 nitrogen and oxygen atoms in total. The Morgan fingerprint density at radius 1 is 0.943 bits per heavy atom. The van der Waals surface area contributed by atoms with Crippen molar-refractivity contribution in [1.82, 2.24) is 20.4 Å². The molecule has 0 saturated carbocycles. The average molecular weight is 531 g/mol. The van der Waals surface area contributed by atoms with Crippen LogP contribution in [0, 0.1) is 6.92 Å². The summed E-state index contributed by atoms with van der Waals surface area (Å²) in [7, 11) is 1.57. The van der Waals surface area contributed by atoms with E-state index in [9.17, 15) is 9.59 Å². The number of hydrogen-bond donors (Lipinski definition) is 2. The highest BCUT2D eigenvalue weighted by Gasteiger charge is 2.24. The number of aryl methyl sites for hydroxylation is 1. The zero-order valence-corrected chi connectivity index (χ0v) is 21.2. The van der Waals surface area contributed by atoms with Crippen molar-refractivity contribution >= 4 is 27.7 Å².